The second kappa shape index (κ2) is 14.0. The first-order valence-corrected chi connectivity index (χ1v) is 14.1. The first-order chi connectivity index (χ1) is 20.9. The van der Waals surface area contributed by atoms with E-state index in [0.717, 1.165) is 84.3 Å². The van der Waals surface area contributed by atoms with Crippen LogP contribution in [-0.4, -0.2) is 83.2 Å². The van der Waals surface area contributed by atoms with Crippen LogP contribution in [0.15, 0.2) is 66.0 Å². The summed E-state index contributed by atoms with van der Waals surface area (Å²) in [4.78, 5) is 38.6. The lowest BCUT2D eigenvalue weighted by Crippen LogP contribution is -2.44. The standard InChI is InChI=1S/C32H32F2N6O3/c1-38-13-15-39(16-14-38)12-3-17-43-30-9-11-36-29-8-6-23(18-25(29)30)4-2-10-37-31(41)26-20-35-22-40(32(26)42)21-24-5-7-27(33)28(34)19-24/h5-9,11,18-20,22H,3,10,12-17,21H2,1H3,(H,37,41). The third-order valence-corrected chi connectivity index (χ3v) is 7.23. The number of hydrogen-bond donors (Lipinski definition) is 1. The topological polar surface area (TPSA) is 92.6 Å². The number of nitrogens with one attached hydrogen (secondary N) is 1. The monoisotopic (exact) mass is 586 g/mol. The molecule has 2 aromatic carbocycles. The van der Waals surface area contributed by atoms with Gasteiger partial charge in [-0.15, -0.1) is 0 Å². The average Bonchev–Trinajstić information content (AvgIpc) is 3.01. The molecule has 3 heterocycles. The number of ether oxygens (including phenoxy) is 1. The lowest BCUT2D eigenvalue weighted by molar-refractivity contribution is 0.0956. The molecule has 0 saturated carbocycles. The van der Waals surface area contributed by atoms with E-state index >= 15 is 0 Å². The van der Waals surface area contributed by atoms with Crippen molar-refractivity contribution in [3.8, 4) is 17.6 Å². The van der Waals surface area contributed by atoms with E-state index in [9.17, 15) is 18.4 Å². The Bertz CT molecular complexity index is 1720. The fraction of sp³-hybridized carbons (Fsp3) is 0.312. The summed E-state index contributed by atoms with van der Waals surface area (Å²) in [5.41, 5.74) is 1.09. The number of nitrogens with zero attached hydrogens (tertiary/aromatic N) is 5. The van der Waals surface area contributed by atoms with Crippen molar-refractivity contribution in [1.29, 1.82) is 0 Å². The number of rotatable bonds is 9. The predicted molar refractivity (Wildman–Crippen MR) is 159 cm³/mol. The van der Waals surface area contributed by atoms with Gasteiger partial charge < -0.3 is 19.9 Å². The number of pyridine rings is 1. The number of amides is 1. The molecule has 1 fully saturated rings. The van der Waals surface area contributed by atoms with Crippen molar-refractivity contribution in [1.82, 2.24) is 29.7 Å². The zero-order valence-electron chi connectivity index (χ0n) is 23.9. The van der Waals surface area contributed by atoms with Gasteiger partial charge in [0.2, 0.25) is 0 Å². The highest BCUT2D eigenvalue weighted by molar-refractivity contribution is 5.93. The van der Waals surface area contributed by atoms with Gasteiger partial charge >= 0.3 is 0 Å². The van der Waals surface area contributed by atoms with Crippen molar-refractivity contribution in [3.63, 3.8) is 0 Å². The van der Waals surface area contributed by atoms with Crippen LogP contribution in [0.3, 0.4) is 0 Å². The quantitative estimate of drug-likeness (QED) is 0.238. The Kier molecular flexibility index (Phi) is 9.71. The van der Waals surface area contributed by atoms with Crippen LogP contribution in [0, 0.1) is 23.5 Å². The van der Waals surface area contributed by atoms with Crippen molar-refractivity contribution in [3.05, 3.63) is 99.9 Å². The maximum atomic E-state index is 13.5. The van der Waals surface area contributed by atoms with Crippen molar-refractivity contribution < 1.29 is 18.3 Å². The fourth-order valence-electron chi connectivity index (χ4n) is 4.79. The molecule has 0 spiro atoms. The SMILES string of the molecule is CN1CCN(CCCOc2ccnc3ccc(C#CCNC(=O)c4cncn(Cc5ccc(F)c(F)c5)c4=O)cc23)CC1. The molecule has 43 heavy (non-hydrogen) atoms. The van der Waals surface area contributed by atoms with Gasteiger partial charge in [-0.05, 0) is 55.4 Å². The third-order valence-electron chi connectivity index (χ3n) is 7.23. The van der Waals surface area contributed by atoms with E-state index in [1.54, 1.807) is 6.20 Å². The number of fused-ring (bicyclic) bond motifs is 1. The van der Waals surface area contributed by atoms with Crippen LogP contribution in [0.2, 0.25) is 0 Å². The summed E-state index contributed by atoms with van der Waals surface area (Å²) in [6.07, 6.45) is 5.05. The van der Waals surface area contributed by atoms with E-state index in [1.807, 2.05) is 24.3 Å². The molecule has 9 nitrogen and oxygen atoms in total. The maximum Gasteiger partial charge on any atom is 0.266 e. The zero-order chi connectivity index (χ0) is 30.2. The molecular formula is C32H32F2N6O3. The average molecular weight is 587 g/mol. The van der Waals surface area contributed by atoms with Gasteiger partial charge in [-0.3, -0.25) is 19.1 Å². The number of likely N-dealkylation sites (N-methyl/N-ethyl adjacent to an activating group) is 1. The number of aromatic nitrogens is 3. The van der Waals surface area contributed by atoms with Crippen molar-refractivity contribution in [2.75, 3.05) is 52.9 Å². The molecule has 0 radical (unpaired) electrons. The summed E-state index contributed by atoms with van der Waals surface area (Å²) in [6, 6.07) is 10.8. The summed E-state index contributed by atoms with van der Waals surface area (Å²) < 4.78 is 34.0. The molecule has 222 valence electrons. The van der Waals surface area contributed by atoms with Gasteiger partial charge in [0.25, 0.3) is 11.5 Å². The van der Waals surface area contributed by atoms with E-state index in [-0.39, 0.29) is 18.7 Å². The number of hydrogen-bond acceptors (Lipinski definition) is 7. The number of halogens is 2. The molecule has 0 aliphatic carbocycles. The minimum Gasteiger partial charge on any atom is -0.493 e. The molecule has 1 aliphatic heterocycles. The molecule has 1 N–H and O–H groups in total. The molecule has 0 atom stereocenters. The van der Waals surface area contributed by atoms with Gasteiger partial charge in [-0.1, -0.05) is 17.9 Å². The second-order valence-electron chi connectivity index (χ2n) is 10.4. The van der Waals surface area contributed by atoms with Crippen LogP contribution in [0.1, 0.15) is 27.9 Å². The van der Waals surface area contributed by atoms with Gasteiger partial charge in [0.15, 0.2) is 11.6 Å². The number of piperazine rings is 1. The Morgan fingerprint density at radius 1 is 1.07 bits per heavy atom. The highest BCUT2D eigenvalue weighted by Crippen LogP contribution is 2.25. The first-order valence-electron chi connectivity index (χ1n) is 14.1. The summed E-state index contributed by atoms with van der Waals surface area (Å²) in [5.74, 6) is 4.04. The second-order valence-corrected chi connectivity index (χ2v) is 10.4. The molecule has 1 amide bonds. The van der Waals surface area contributed by atoms with Crippen LogP contribution in [-0.2, 0) is 6.54 Å². The Labute approximate surface area is 248 Å². The molecule has 1 aliphatic rings. The van der Waals surface area contributed by atoms with Gasteiger partial charge in [0.1, 0.15) is 11.3 Å². The number of benzene rings is 2. The molecule has 2 aromatic heterocycles. The zero-order valence-corrected chi connectivity index (χ0v) is 23.9. The van der Waals surface area contributed by atoms with Gasteiger partial charge in [0.05, 0.1) is 31.5 Å². The Balaban J connectivity index is 1.17. The predicted octanol–water partition coefficient (Wildman–Crippen LogP) is 2.92. The summed E-state index contributed by atoms with van der Waals surface area (Å²) in [7, 11) is 2.15. The fourth-order valence-corrected chi connectivity index (χ4v) is 4.79. The van der Waals surface area contributed by atoms with Crippen LogP contribution in [0.4, 0.5) is 8.78 Å². The van der Waals surface area contributed by atoms with E-state index < -0.39 is 23.1 Å². The number of carbonyl (C=O) groups excluding carboxylic acids is 1. The Hall–Kier alpha value is -4.66. The van der Waals surface area contributed by atoms with Gasteiger partial charge in [0, 0.05) is 56.1 Å². The molecule has 0 unspecified atom stereocenters. The van der Waals surface area contributed by atoms with Gasteiger partial charge in [-0.25, -0.2) is 13.8 Å². The largest absolute Gasteiger partial charge is 0.493 e. The normalized spacial score (nSPS) is 13.8. The molecular weight excluding hydrogens is 554 g/mol. The number of carbonyl (C=O) groups is 1. The Morgan fingerprint density at radius 2 is 1.91 bits per heavy atom. The molecule has 11 heteroatoms. The third kappa shape index (κ3) is 7.80. The van der Waals surface area contributed by atoms with E-state index in [1.165, 1.54) is 12.4 Å². The Morgan fingerprint density at radius 3 is 2.72 bits per heavy atom. The lowest BCUT2D eigenvalue weighted by atomic mass is 10.1. The lowest BCUT2D eigenvalue weighted by Gasteiger charge is -2.32. The van der Waals surface area contributed by atoms with E-state index in [0.29, 0.717) is 12.2 Å². The van der Waals surface area contributed by atoms with Crippen molar-refractivity contribution in [2.24, 2.45) is 0 Å². The highest BCUT2D eigenvalue weighted by atomic mass is 19.2. The van der Waals surface area contributed by atoms with Crippen molar-refractivity contribution in [2.45, 2.75) is 13.0 Å². The summed E-state index contributed by atoms with van der Waals surface area (Å²) >= 11 is 0. The first kappa shape index (κ1) is 29.8. The molecule has 4 aromatic rings. The summed E-state index contributed by atoms with van der Waals surface area (Å²) in [6.45, 7) is 5.88. The van der Waals surface area contributed by atoms with Crippen LogP contribution in [0.5, 0.6) is 5.75 Å². The summed E-state index contributed by atoms with van der Waals surface area (Å²) in [5, 5.41) is 3.47. The van der Waals surface area contributed by atoms with Crippen LogP contribution in [0.25, 0.3) is 10.9 Å². The van der Waals surface area contributed by atoms with E-state index in [4.69, 9.17) is 4.74 Å². The van der Waals surface area contributed by atoms with Gasteiger partial charge in [-0.2, -0.15) is 0 Å². The minimum atomic E-state index is -1.02. The van der Waals surface area contributed by atoms with Crippen LogP contribution < -0.4 is 15.6 Å². The smallest absolute Gasteiger partial charge is 0.266 e. The molecule has 1 saturated heterocycles. The van der Waals surface area contributed by atoms with Crippen LogP contribution >= 0.6 is 0 Å². The van der Waals surface area contributed by atoms with Crippen molar-refractivity contribution >= 4 is 16.8 Å². The van der Waals surface area contributed by atoms with E-state index in [2.05, 4.69) is 44.0 Å². The minimum absolute atomic E-state index is 0.00291. The molecule has 5 rings (SSSR count). The molecule has 0 bridgehead atoms. The maximum absolute atomic E-state index is 13.5. The highest BCUT2D eigenvalue weighted by Gasteiger charge is 2.14.